The van der Waals surface area contributed by atoms with Gasteiger partial charge in [0.25, 0.3) is 0 Å². The van der Waals surface area contributed by atoms with Crippen molar-refractivity contribution < 1.29 is 14.6 Å². The third kappa shape index (κ3) is 3.79. The lowest BCUT2D eigenvalue weighted by Gasteiger charge is -2.33. The molecule has 0 radical (unpaired) electrons. The van der Waals surface area contributed by atoms with Crippen molar-refractivity contribution in [2.24, 2.45) is 0 Å². The first-order chi connectivity index (χ1) is 15.6. The maximum Gasteiger partial charge on any atom is 0.147 e. The summed E-state index contributed by atoms with van der Waals surface area (Å²) in [6.45, 7) is 0.939. The number of hydrogen-bond acceptors (Lipinski definition) is 5. The van der Waals surface area contributed by atoms with Crippen LogP contribution in [0.5, 0.6) is 11.5 Å². The molecule has 0 aromatic heterocycles. The molecule has 1 fully saturated rings. The highest BCUT2D eigenvalue weighted by molar-refractivity contribution is 5.59. The van der Waals surface area contributed by atoms with Crippen molar-refractivity contribution in [1.82, 2.24) is 0 Å². The van der Waals surface area contributed by atoms with Gasteiger partial charge in [0, 0.05) is 29.4 Å². The van der Waals surface area contributed by atoms with E-state index < -0.39 is 5.60 Å². The molecule has 0 saturated carbocycles. The number of anilines is 1. The normalized spacial score (nSPS) is 15.9. The second-order valence-corrected chi connectivity index (χ2v) is 8.01. The van der Waals surface area contributed by atoms with E-state index in [0.29, 0.717) is 34.6 Å². The molecule has 1 aliphatic heterocycles. The number of benzene rings is 3. The van der Waals surface area contributed by atoms with E-state index in [2.05, 4.69) is 11.0 Å². The molecule has 3 aromatic rings. The van der Waals surface area contributed by atoms with Crippen LogP contribution in [0.25, 0.3) is 0 Å². The topological polar surface area (TPSA) is 65.7 Å². The Bertz CT molecular complexity index is 1060. The first-order valence-electron chi connectivity index (χ1n) is 10.9. The lowest BCUT2D eigenvalue weighted by molar-refractivity contribution is 0.118. The molecule has 0 bridgehead atoms. The minimum absolute atomic E-state index is 0.244. The van der Waals surface area contributed by atoms with E-state index in [9.17, 15) is 5.11 Å². The Hall–Kier alpha value is -3.49. The average molecular weight is 429 g/mol. The summed E-state index contributed by atoms with van der Waals surface area (Å²) in [7, 11) is 3.21. The number of rotatable bonds is 7. The summed E-state index contributed by atoms with van der Waals surface area (Å²) in [6, 6.07) is 25.5. The third-order valence-electron chi connectivity index (χ3n) is 6.31. The number of methoxy groups -OCH3 is 2. The van der Waals surface area contributed by atoms with Crippen LogP contribution in [0.15, 0.2) is 72.8 Å². The predicted molar refractivity (Wildman–Crippen MR) is 125 cm³/mol. The fourth-order valence-electron chi connectivity index (χ4n) is 4.73. The zero-order valence-electron chi connectivity index (χ0n) is 18.5. The molecule has 0 unspecified atom stereocenters. The lowest BCUT2D eigenvalue weighted by atomic mass is 9.79. The molecule has 3 aromatic carbocycles. The summed E-state index contributed by atoms with van der Waals surface area (Å²) < 4.78 is 11.2. The lowest BCUT2D eigenvalue weighted by Crippen LogP contribution is -2.31. The summed E-state index contributed by atoms with van der Waals surface area (Å²) in [5.41, 5.74) is 1.58. The van der Waals surface area contributed by atoms with Crippen molar-refractivity contribution in [2.45, 2.75) is 30.9 Å². The average Bonchev–Trinajstić information content (AvgIpc) is 3.32. The largest absolute Gasteiger partial charge is 0.496 e. The summed E-state index contributed by atoms with van der Waals surface area (Å²) in [4.78, 5) is 2.29. The molecular formula is C27H28N2O3. The SMILES string of the molecule is COc1ccccc1C(O)(c1ccc(N2CCC[C@H]2CC#N)cc1)c1ccccc1OC. The van der Waals surface area contributed by atoms with Crippen molar-refractivity contribution in [3.8, 4) is 17.6 Å². The molecule has 0 spiro atoms. The minimum Gasteiger partial charge on any atom is -0.496 e. The molecule has 5 nitrogen and oxygen atoms in total. The van der Waals surface area contributed by atoms with Gasteiger partial charge in [-0.15, -0.1) is 0 Å². The fourth-order valence-corrected chi connectivity index (χ4v) is 4.73. The minimum atomic E-state index is -1.48. The third-order valence-corrected chi connectivity index (χ3v) is 6.31. The van der Waals surface area contributed by atoms with Gasteiger partial charge in [-0.3, -0.25) is 0 Å². The van der Waals surface area contributed by atoms with E-state index in [1.807, 2.05) is 72.8 Å². The van der Waals surface area contributed by atoms with Crippen molar-refractivity contribution in [1.29, 1.82) is 5.26 Å². The van der Waals surface area contributed by atoms with Crippen LogP contribution in [0.2, 0.25) is 0 Å². The van der Waals surface area contributed by atoms with Gasteiger partial charge >= 0.3 is 0 Å². The predicted octanol–water partition coefficient (Wildman–Crippen LogP) is 4.87. The van der Waals surface area contributed by atoms with E-state index >= 15 is 0 Å². The maximum atomic E-state index is 12.3. The highest BCUT2D eigenvalue weighted by atomic mass is 16.5. The molecule has 1 saturated heterocycles. The van der Waals surface area contributed by atoms with Gasteiger partial charge in [0.05, 0.1) is 26.7 Å². The molecule has 1 atom stereocenters. The Morgan fingerprint density at radius 3 is 2.03 bits per heavy atom. The van der Waals surface area contributed by atoms with Gasteiger partial charge in [0.1, 0.15) is 17.1 Å². The standard InChI is InChI=1S/C27H28N2O3/c1-31-25-11-5-3-9-23(25)27(30,24-10-4-6-12-26(24)32-2)20-13-15-22(16-14-20)29-19-7-8-21(29)17-18-28/h3-6,9-16,21,30H,7-8,17,19H2,1-2H3/t21-/m0/s1. The molecule has 0 amide bonds. The van der Waals surface area contributed by atoms with Crippen LogP contribution in [0.3, 0.4) is 0 Å². The number of nitrogens with zero attached hydrogens (tertiary/aromatic N) is 2. The first-order valence-corrected chi connectivity index (χ1v) is 10.9. The molecule has 5 heteroatoms. The molecule has 4 rings (SSSR count). The van der Waals surface area contributed by atoms with Crippen LogP contribution < -0.4 is 14.4 Å². The first kappa shape index (κ1) is 21.7. The Kier molecular flexibility index (Phi) is 6.34. The van der Waals surface area contributed by atoms with Gasteiger partial charge in [-0.1, -0.05) is 48.5 Å². The van der Waals surface area contributed by atoms with Crippen molar-refractivity contribution in [3.05, 3.63) is 89.5 Å². The van der Waals surface area contributed by atoms with Crippen LogP contribution in [0.4, 0.5) is 5.69 Å². The number of ether oxygens (including phenoxy) is 2. The van der Waals surface area contributed by atoms with Crippen molar-refractivity contribution >= 4 is 5.69 Å². The summed E-state index contributed by atoms with van der Waals surface area (Å²) in [6.07, 6.45) is 2.64. The van der Waals surface area contributed by atoms with Gasteiger partial charge in [-0.25, -0.2) is 0 Å². The van der Waals surface area contributed by atoms with E-state index in [0.717, 1.165) is 25.1 Å². The zero-order valence-corrected chi connectivity index (χ0v) is 18.5. The van der Waals surface area contributed by atoms with Gasteiger partial charge in [-0.05, 0) is 42.7 Å². The molecule has 1 aliphatic rings. The Balaban J connectivity index is 1.84. The zero-order chi connectivity index (χ0) is 22.6. The van der Waals surface area contributed by atoms with Crippen LogP contribution in [0.1, 0.15) is 36.0 Å². The second kappa shape index (κ2) is 9.33. The molecule has 164 valence electrons. The Labute approximate surface area is 189 Å². The number of nitriles is 1. The van der Waals surface area contributed by atoms with E-state index in [4.69, 9.17) is 14.7 Å². The van der Waals surface area contributed by atoms with Crippen LogP contribution in [-0.4, -0.2) is 31.9 Å². The molecule has 1 heterocycles. The number of hydrogen-bond donors (Lipinski definition) is 1. The number of aliphatic hydroxyl groups is 1. The second-order valence-electron chi connectivity index (χ2n) is 8.01. The number of para-hydroxylation sites is 2. The van der Waals surface area contributed by atoms with Crippen LogP contribution in [0, 0.1) is 11.3 Å². The van der Waals surface area contributed by atoms with E-state index in [1.54, 1.807) is 14.2 Å². The maximum absolute atomic E-state index is 12.3. The highest BCUT2D eigenvalue weighted by Crippen LogP contribution is 2.45. The van der Waals surface area contributed by atoms with Gasteiger partial charge in [0.2, 0.25) is 0 Å². The molecule has 32 heavy (non-hydrogen) atoms. The smallest absolute Gasteiger partial charge is 0.147 e. The van der Waals surface area contributed by atoms with Crippen LogP contribution >= 0.6 is 0 Å². The molecule has 0 aliphatic carbocycles. The fraction of sp³-hybridized carbons (Fsp3) is 0.296. The Morgan fingerprint density at radius 1 is 0.938 bits per heavy atom. The molecule has 1 N–H and O–H groups in total. The van der Waals surface area contributed by atoms with Gasteiger partial charge in [0.15, 0.2) is 0 Å². The van der Waals surface area contributed by atoms with Crippen LogP contribution in [-0.2, 0) is 5.60 Å². The summed E-state index contributed by atoms with van der Waals surface area (Å²) in [5.74, 6) is 1.19. The summed E-state index contributed by atoms with van der Waals surface area (Å²) >= 11 is 0. The molecular weight excluding hydrogens is 400 g/mol. The van der Waals surface area contributed by atoms with E-state index in [1.165, 1.54) is 0 Å². The van der Waals surface area contributed by atoms with Crippen molar-refractivity contribution in [3.63, 3.8) is 0 Å². The summed E-state index contributed by atoms with van der Waals surface area (Å²) in [5, 5.41) is 21.5. The van der Waals surface area contributed by atoms with Crippen molar-refractivity contribution in [2.75, 3.05) is 25.7 Å². The quantitative estimate of drug-likeness (QED) is 0.544. The van der Waals surface area contributed by atoms with Gasteiger partial charge < -0.3 is 19.5 Å². The van der Waals surface area contributed by atoms with Gasteiger partial charge in [-0.2, -0.15) is 5.26 Å². The highest BCUT2D eigenvalue weighted by Gasteiger charge is 2.39. The van der Waals surface area contributed by atoms with E-state index in [-0.39, 0.29) is 6.04 Å². The Morgan fingerprint density at radius 2 is 1.50 bits per heavy atom. The monoisotopic (exact) mass is 428 g/mol.